The van der Waals surface area contributed by atoms with Crippen molar-refractivity contribution in [1.29, 1.82) is 0 Å². The third-order valence-electron chi connectivity index (χ3n) is 3.50. The molecule has 1 aromatic carbocycles. The molecule has 1 aromatic rings. The minimum Gasteiger partial charge on any atom is -0.462 e. The minimum absolute atomic E-state index is 0.00707. The first-order valence-corrected chi connectivity index (χ1v) is 7.06. The third-order valence-corrected chi connectivity index (χ3v) is 3.50. The maximum atomic E-state index is 13.0. The van der Waals surface area contributed by atoms with Crippen LogP contribution in [0.2, 0.25) is 0 Å². The molecular weight excluding hydrogens is 281 g/mol. The highest BCUT2D eigenvalue weighted by Gasteiger charge is 2.11. The van der Waals surface area contributed by atoms with Gasteiger partial charge in [0.2, 0.25) is 0 Å². The molecule has 0 heterocycles. The van der Waals surface area contributed by atoms with Crippen LogP contribution in [0.25, 0.3) is 0 Å². The zero-order valence-corrected chi connectivity index (χ0v) is 11.6. The Bertz CT molecular complexity index is 521. The van der Waals surface area contributed by atoms with Gasteiger partial charge in [-0.2, -0.15) is 0 Å². The normalized spacial score (nSPS) is 14.9. The molecule has 1 fully saturated rings. The summed E-state index contributed by atoms with van der Waals surface area (Å²) in [4.78, 5) is 11.6. The van der Waals surface area contributed by atoms with E-state index in [9.17, 15) is 18.0 Å². The SMILES string of the molecule is O=C(C=C1CCCCC1)OCCc1cc(F)c(F)c(F)c1. The Morgan fingerprint density at radius 1 is 1.10 bits per heavy atom. The van der Waals surface area contributed by atoms with E-state index in [0.717, 1.165) is 43.4 Å². The van der Waals surface area contributed by atoms with Gasteiger partial charge in [-0.1, -0.05) is 12.0 Å². The quantitative estimate of drug-likeness (QED) is 0.475. The summed E-state index contributed by atoms with van der Waals surface area (Å²) in [5.74, 6) is -4.39. The van der Waals surface area contributed by atoms with Crippen LogP contribution in [-0.4, -0.2) is 12.6 Å². The van der Waals surface area contributed by atoms with Crippen LogP contribution in [0.5, 0.6) is 0 Å². The Labute approximate surface area is 121 Å². The molecule has 0 bridgehead atoms. The summed E-state index contributed by atoms with van der Waals surface area (Å²) in [5, 5.41) is 0. The molecule has 1 aliphatic carbocycles. The summed E-state index contributed by atoms with van der Waals surface area (Å²) in [6.07, 6.45) is 6.86. The number of hydrogen-bond acceptors (Lipinski definition) is 2. The molecule has 114 valence electrons. The molecule has 0 atom stereocenters. The van der Waals surface area contributed by atoms with Crippen molar-refractivity contribution in [3.63, 3.8) is 0 Å². The van der Waals surface area contributed by atoms with Gasteiger partial charge in [0.1, 0.15) is 0 Å². The van der Waals surface area contributed by atoms with Gasteiger partial charge in [0.05, 0.1) is 6.61 Å². The Kier molecular flexibility index (Phi) is 5.42. The Balaban J connectivity index is 1.82. The highest BCUT2D eigenvalue weighted by molar-refractivity contribution is 5.82. The zero-order valence-electron chi connectivity index (χ0n) is 11.6. The Morgan fingerprint density at radius 3 is 2.33 bits per heavy atom. The van der Waals surface area contributed by atoms with Crippen LogP contribution in [0.1, 0.15) is 37.7 Å². The van der Waals surface area contributed by atoms with E-state index in [1.54, 1.807) is 0 Å². The Morgan fingerprint density at radius 2 is 1.71 bits per heavy atom. The molecule has 2 nitrogen and oxygen atoms in total. The van der Waals surface area contributed by atoms with Gasteiger partial charge in [-0.05, 0) is 43.4 Å². The van der Waals surface area contributed by atoms with Crippen molar-refractivity contribution in [3.05, 3.63) is 46.8 Å². The fraction of sp³-hybridized carbons (Fsp3) is 0.438. The summed E-state index contributed by atoms with van der Waals surface area (Å²) >= 11 is 0. The van der Waals surface area contributed by atoms with Crippen LogP contribution in [-0.2, 0) is 16.0 Å². The molecule has 0 N–H and O–H groups in total. The van der Waals surface area contributed by atoms with Crippen LogP contribution in [0.3, 0.4) is 0 Å². The molecule has 0 saturated heterocycles. The number of carbonyl (C=O) groups is 1. The van der Waals surface area contributed by atoms with Crippen LogP contribution in [0.4, 0.5) is 13.2 Å². The molecule has 0 radical (unpaired) electrons. The summed E-state index contributed by atoms with van der Waals surface area (Å²) in [6.45, 7) is 0.00707. The van der Waals surface area contributed by atoms with Crippen molar-refractivity contribution in [2.75, 3.05) is 6.61 Å². The predicted octanol–water partition coefficient (Wildman–Crippen LogP) is 4.08. The van der Waals surface area contributed by atoms with Gasteiger partial charge in [0, 0.05) is 12.5 Å². The third kappa shape index (κ3) is 4.62. The van der Waals surface area contributed by atoms with Gasteiger partial charge < -0.3 is 4.74 Å². The molecule has 1 saturated carbocycles. The highest BCUT2D eigenvalue weighted by atomic mass is 19.2. The van der Waals surface area contributed by atoms with Crippen molar-refractivity contribution >= 4 is 5.97 Å². The van der Waals surface area contributed by atoms with Crippen LogP contribution < -0.4 is 0 Å². The number of halogens is 3. The average molecular weight is 298 g/mol. The van der Waals surface area contributed by atoms with Crippen molar-refractivity contribution in [2.24, 2.45) is 0 Å². The zero-order chi connectivity index (χ0) is 15.2. The number of benzene rings is 1. The molecule has 0 unspecified atom stereocenters. The van der Waals surface area contributed by atoms with Gasteiger partial charge in [-0.15, -0.1) is 0 Å². The first-order chi connectivity index (χ1) is 10.1. The lowest BCUT2D eigenvalue weighted by Gasteiger charge is -2.12. The number of carbonyl (C=O) groups excluding carboxylic acids is 1. The molecule has 2 rings (SSSR count). The van der Waals surface area contributed by atoms with Crippen molar-refractivity contribution < 1.29 is 22.7 Å². The van der Waals surface area contributed by atoms with Crippen molar-refractivity contribution in [3.8, 4) is 0 Å². The molecule has 0 aromatic heterocycles. The topological polar surface area (TPSA) is 26.3 Å². The maximum absolute atomic E-state index is 13.0. The Hall–Kier alpha value is -1.78. The molecule has 0 spiro atoms. The lowest BCUT2D eigenvalue weighted by Crippen LogP contribution is -2.07. The van der Waals surface area contributed by atoms with Gasteiger partial charge in [0.15, 0.2) is 17.5 Å². The fourth-order valence-electron chi connectivity index (χ4n) is 2.38. The van der Waals surface area contributed by atoms with Gasteiger partial charge >= 0.3 is 5.97 Å². The molecule has 21 heavy (non-hydrogen) atoms. The number of ether oxygens (including phenoxy) is 1. The first kappa shape index (κ1) is 15.6. The second kappa shape index (κ2) is 7.29. The van der Waals surface area contributed by atoms with Crippen LogP contribution in [0.15, 0.2) is 23.8 Å². The summed E-state index contributed by atoms with van der Waals surface area (Å²) in [5.41, 5.74) is 1.34. The van der Waals surface area contributed by atoms with E-state index in [1.165, 1.54) is 12.5 Å². The van der Waals surface area contributed by atoms with Crippen molar-refractivity contribution in [2.45, 2.75) is 38.5 Å². The lowest BCUT2D eigenvalue weighted by molar-refractivity contribution is -0.137. The molecular formula is C16H17F3O2. The van der Waals surface area contributed by atoms with E-state index in [1.807, 2.05) is 0 Å². The highest BCUT2D eigenvalue weighted by Crippen LogP contribution is 2.22. The van der Waals surface area contributed by atoms with E-state index >= 15 is 0 Å². The summed E-state index contributed by atoms with van der Waals surface area (Å²) < 4.78 is 43.8. The van der Waals surface area contributed by atoms with Crippen molar-refractivity contribution in [1.82, 2.24) is 0 Å². The lowest BCUT2D eigenvalue weighted by atomic mass is 9.95. The maximum Gasteiger partial charge on any atom is 0.330 e. The minimum atomic E-state index is -1.49. The predicted molar refractivity (Wildman–Crippen MR) is 72.1 cm³/mol. The number of hydrogen-bond donors (Lipinski definition) is 0. The van der Waals surface area contributed by atoms with Gasteiger partial charge in [0.25, 0.3) is 0 Å². The van der Waals surface area contributed by atoms with Crippen LogP contribution in [0, 0.1) is 17.5 Å². The van der Waals surface area contributed by atoms with Gasteiger partial charge in [-0.25, -0.2) is 18.0 Å². The molecule has 5 heteroatoms. The molecule has 0 amide bonds. The number of esters is 1. The van der Waals surface area contributed by atoms with E-state index in [-0.39, 0.29) is 18.6 Å². The summed E-state index contributed by atoms with van der Waals surface area (Å²) in [6, 6.07) is 1.82. The second-order valence-electron chi connectivity index (χ2n) is 5.15. The first-order valence-electron chi connectivity index (χ1n) is 7.06. The largest absolute Gasteiger partial charge is 0.462 e. The van der Waals surface area contributed by atoms with E-state index in [0.29, 0.717) is 0 Å². The molecule has 1 aliphatic rings. The monoisotopic (exact) mass is 298 g/mol. The van der Waals surface area contributed by atoms with E-state index < -0.39 is 23.4 Å². The molecule has 0 aliphatic heterocycles. The number of rotatable bonds is 4. The smallest absolute Gasteiger partial charge is 0.330 e. The summed E-state index contributed by atoms with van der Waals surface area (Å²) in [7, 11) is 0. The fourth-order valence-corrected chi connectivity index (χ4v) is 2.38. The van der Waals surface area contributed by atoms with Crippen LogP contribution >= 0.6 is 0 Å². The second-order valence-corrected chi connectivity index (χ2v) is 5.15. The van der Waals surface area contributed by atoms with E-state index in [4.69, 9.17) is 4.74 Å². The number of allylic oxidation sites excluding steroid dienone is 1. The average Bonchev–Trinajstić information content (AvgIpc) is 2.45. The standard InChI is InChI=1S/C16H17F3O2/c17-13-8-12(9-14(18)16(13)19)6-7-21-15(20)10-11-4-2-1-3-5-11/h8-10H,1-7H2. The van der Waals surface area contributed by atoms with Gasteiger partial charge in [-0.3, -0.25) is 0 Å². The van der Waals surface area contributed by atoms with E-state index in [2.05, 4.69) is 0 Å².